The Morgan fingerprint density at radius 1 is 0.911 bits per heavy atom. The number of methoxy groups -OCH3 is 2. The van der Waals surface area contributed by atoms with E-state index in [1.54, 1.807) is 18.1 Å². The quantitative estimate of drug-likeness (QED) is 0.214. The van der Waals surface area contributed by atoms with Gasteiger partial charge in [-0.3, -0.25) is 14.4 Å². The van der Waals surface area contributed by atoms with E-state index in [1.165, 1.54) is 12.0 Å². The Balaban J connectivity index is 1.14. The van der Waals surface area contributed by atoms with E-state index in [9.17, 15) is 14.4 Å². The standard InChI is InChI=1S/C34H39N3O8/c1-41-31-7-4-3-6-25(31)22-43-16-5-17-44-28-13-10-26(11-14-28)37-27(19-35-20-33(37)39)23-45-29-12-8-24-9-15-32(38)36(30(24)18-29)21-34(40)42-2/h3-4,6-8,10-14,18,27,35H,5,9,15-17,19-23H2,1-2H3/t27-/m1/s1. The molecule has 2 aliphatic heterocycles. The number of carbonyl (C=O) groups excluding carboxylic acids is 3. The van der Waals surface area contributed by atoms with Crippen molar-refractivity contribution >= 4 is 29.2 Å². The van der Waals surface area contributed by atoms with Crippen molar-refractivity contribution in [3.63, 3.8) is 0 Å². The first-order valence-electron chi connectivity index (χ1n) is 15.0. The van der Waals surface area contributed by atoms with Crippen LogP contribution in [0.1, 0.15) is 24.0 Å². The summed E-state index contributed by atoms with van der Waals surface area (Å²) in [6, 6.07) is 20.5. The number of nitrogens with one attached hydrogen (secondary N) is 1. The zero-order chi connectivity index (χ0) is 31.6. The Bertz CT molecular complexity index is 1480. The third-order valence-corrected chi connectivity index (χ3v) is 7.77. The van der Waals surface area contributed by atoms with Crippen molar-refractivity contribution in [3.8, 4) is 17.2 Å². The molecule has 0 bridgehead atoms. The molecule has 2 amide bonds. The fourth-order valence-electron chi connectivity index (χ4n) is 5.44. The van der Waals surface area contributed by atoms with E-state index >= 15 is 0 Å². The molecule has 1 N–H and O–H groups in total. The third kappa shape index (κ3) is 8.11. The van der Waals surface area contributed by atoms with Gasteiger partial charge in [-0.15, -0.1) is 0 Å². The SMILES string of the molecule is COC(=O)CN1C(=O)CCc2ccc(OC[C@H]3CNCC(=O)N3c3ccc(OCCCOCc4ccccc4OC)cc3)cc21. The molecule has 2 aliphatic rings. The van der Waals surface area contributed by atoms with E-state index in [4.69, 9.17) is 23.7 Å². The van der Waals surface area contributed by atoms with Crippen molar-refractivity contribution in [2.75, 3.05) is 63.5 Å². The molecule has 11 nitrogen and oxygen atoms in total. The van der Waals surface area contributed by atoms with E-state index < -0.39 is 5.97 Å². The molecule has 1 saturated heterocycles. The molecule has 0 radical (unpaired) electrons. The Kier molecular flexibility index (Phi) is 10.9. The normalized spacial score (nSPS) is 16.3. The van der Waals surface area contributed by atoms with Gasteiger partial charge in [-0.05, 0) is 48.4 Å². The Hall–Kier alpha value is -4.61. The van der Waals surface area contributed by atoms with Crippen LogP contribution in [-0.4, -0.2) is 77.5 Å². The summed E-state index contributed by atoms with van der Waals surface area (Å²) in [5.74, 6) is 1.38. The van der Waals surface area contributed by atoms with Gasteiger partial charge in [0.2, 0.25) is 11.8 Å². The number of aryl methyl sites for hydroxylation is 1. The van der Waals surface area contributed by atoms with Gasteiger partial charge in [0, 0.05) is 36.7 Å². The van der Waals surface area contributed by atoms with Gasteiger partial charge < -0.3 is 38.8 Å². The molecule has 0 spiro atoms. The molecule has 45 heavy (non-hydrogen) atoms. The largest absolute Gasteiger partial charge is 0.496 e. The maximum atomic E-state index is 13.0. The second kappa shape index (κ2) is 15.4. The zero-order valence-corrected chi connectivity index (χ0v) is 25.7. The number of piperazine rings is 1. The monoisotopic (exact) mass is 617 g/mol. The summed E-state index contributed by atoms with van der Waals surface area (Å²) in [7, 11) is 2.95. The highest BCUT2D eigenvalue weighted by molar-refractivity contribution is 6.00. The lowest BCUT2D eigenvalue weighted by atomic mass is 10.0. The summed E-state index contributed by atoms with van der Waals surface area (Å²) in [4.78, 5) is 40.7. The summed E-state index contributed by atoms with van der Waals surface area (Å²) in [6.45, 7) is 2.38. The molecule has 238 valence electrons. The van der Waals surface area contributed by atoms with Crippen molar-refractivity contribution < 1.29 is 38.1 Å². The maximum absolute atomic E-state index is 13.0. The summed E-state index contributed by atoms with van der Waals surface area (Å²) >= 11 is 0. The Morgan fingerprint density at radius 2 is 1.71 bits per heavy atom. The van der Waals surface area contributed by atoms with E-state index in [1.807, 2.05) is 60.7 Å². The van der Waals surface area contributed by atoms with E-state index in [-0.39, 0.29) is 37.6 Å². The van der Waals surface area contributed by atoms with E-state index in [2.05, 4.69) is 5.32 Å². The first kappa shape index (κ1) is 31.8. The first-order valence-corrected chi connectivity index (χ1v) is 15.0. The van der Waals surface area contributed by atoms with Crippen LogP contribution in [0.5, 0.6) is 17.2 Å². The average Bonchev–Trinajstić information content (AvgIpc) is 3.07. The third-order valence-electron chi connectivity index (χ3n) is 7.77. The summed E-state index contributed by atoms with van der Waals surface area (Å²) < 4.78 is 27.9. The van der Waals surface area contributed by atoms with Gasteiger partial charge in [-0.2, -0.15) is 0 Å². The minimum absolute atomic E-state index is 0.0593. The fraction of sp³-hybridized carbons (Fsp3) is 0.382. The van der Waals surface area contributed by atoms with Gasteiger partial charge in [-0.1, -0.05) is 24.3 Å². The Labute approximate surface area is 262 Å². The van der Waals surface area contributed by atoms with Gasteiger partial charge >= 0.3 is 5.97 Å². The molecule has 1 atom stereocenters. The number of para-hydroxylation sites is 1. The van der Waals surface area contributed by atoms with Crippen LogP contribution in [0.3, 0.4) is 0 Å². The molecule has 1 fully saturated rings. The fourth-order valence-corrected chi connectivity index (χ4v) is 5.44. The van der Waals surface area contributed by atoms with Gasteiger partial charge in [0.05, 0.1) is 52.3 Å². The molecule has 2 heterocycles. The second-order valence-corrected chi connectivity index (χ2v) is 10.8. The lowest BCUT2D eigenvalue weighted by Gasteiger charge is -2.36. The number of nitrogens with zero attached hydrogens (tertiary/aromatic N) is 2. The molecule has 0 aliphatic carbocycles. The van der Waals surface area contributed by atoms with Crippen molar-refractivity contribution in [2.24, 2.45) is 0 Å². The number of rotatable bonds is 14. The van der Waals surface area contributed by atoms with Crippen molar-refractivity contribution in [1.82, 2.24) is 5.32 Å². The predicted molar refractivity (Wildman–Crippen MR) is 168 cm³/mol. The maximum Gasteiger partial charge on any atom is 0.325 e. The minimum Gasteiger partial charge on any atom is -0.496 e. The molecule has 0 aromatic heterocycles. The van der Waals surface area contributed by atoms with Crippen molar-refractivity contribution in [3.05, 3.63) is 77.9 Å². The van der Waals surface area contributed by atoms with Crippen LogP contribution in [-0.2, 0) is 36.9 Å². The smallest absolute Gasteiger partial charge is 0.325 e. The highest BCUT2D eigenvalue weighted by atomic mass is 16.5. The molecule has 11 heteroatoms. The zero-order valence-electron chi connectivity index (χ0n) is 25.7. The van der Waals surface area contributed by atoms with Gasteiger partial charge in [-0.25, -0.2) is 0 Å². The first-order chi connectivity index (χ1) is 22.0. The lowest BCUT2D eigenvalue weighted by molar-refractivity contribution is -0.140. The second-order valence-electron chi connectivity index (χ2n) is 10.8. The molecule has 0 unspecified atom stereocenters. The van der Waals surface area contributed by atoms with Crippen LogP contribution in [0.15, 0.2) is 66.7 Å². The molecule has 0 saturated carbocycles. The predicted octanol–water partition coefficient (Wildman–Crippen LogP) is 3.52. The minimum atomic E-state index is -0.490. The number of amides is 2. The number of fused-ring (bicyclic) bond motifs is 1. The number of carbonyl (C=O) groups is 3. The van der Waals surface area contributed by atoms with Crippen LogP contribution in [0, 0.1) is 0 Å². The Morgan fingerprint density at radius 3 is 2.51 bits per heavy atom. The number of hydrogen-bond donors (Lipinski definition) is 1. The summed E-state index contributed by atoms with van der Waals surface area (Å²) in [5.41, 5.74) is 3.36. The molecule has 3 aromatic carbocycles. The molecule has 5 rings (SSSR count). The number of anilines is 2. The number of hydrogen-bond acceptors (Lipinski definition) is 9. The highest BCUT2D eigenvalue weighted by Crippen LogP contribution is 2.32. The average molecular weight is 618 g/mol. The van der Waals surface area contributed by atoms with Crippen LogP contribution in [0.4, 0.5) is 11.4 Å². The van der Waals surface area contributed by atoms with Crippen molar-refractivity contribution in [1.29, 1.82) is 0 Å². The van der Waals surface area contributed by atoms with Crippen LogP contribution < -0.4 is 29.3 Å². The highest BCUT2D eigenvalue weighted by Gasteiger charge is 2.31. The number of benzene rings is 3. The number of ether oxygens (including phenoxy) is 5. The lowest BCUT2D eigenvalue weighted by Crippen LogP contribution is -2.57. The molecular weight excluding hydrogens is 578 g/mol. The summed E-state index contributed by atoms with van der Waals surface area (Å²) in [5, 5.41) is 3.17. The summed E-state index contributed by atoms with van der Waals surface area (Å²) in [6.07, 6.45) is 1.65. The van der Waals surface area contributed by atoms with Crippen LogP contribution >= 0.6 is 0 Å². The van der Waals surface area contributed by atoms with Gasteiger partial charge in [0.15, 0.2) is 0 Å². The van der Waals surface area contributed by atoms with Gasteiger partial charge in [0.1, 0.15) is 30.4 Å². The van der Waals surface area contributed by atoms with Crippen molar-refractivity contribution in [2.45, 2.75) is 31.9 Å². The molecule has 3 aromatic rings. The van der Waals surface area contributed by atoms with Crippen LogP contribution in [0.25, 0.3) is 0 Å². The van der Waals surface area contributed by atoms with Gasteiger partial charge in [0.25, 0.3) is 0 Å². The van der Waals surface area contributed by atoms with E-state index in [0.717, 1.165) is 29.0 Å². The van der Waals surface area contributed by atoms with Crippen LogP contribution in [0.2, 0.25) is 0 Å². The van der Waals surface area contributed by atoms with E-state index in [0.29, 0.717) is 56.4 Å². The molecular formula is C34H39N3O8. The number of esters is 1. The topological polar surface area (TPSA) is 116 Å².